The maximum atomic E-state index is 12.7. The molecule has 4 rings (SSSR count). The van der Waals surface area contributed by atoms with Gasteiger partial charge in [-0.1, -0.05) is 30.3 Å². The van der Waals surface area contributed by atoms with Crippen molar-refractivity contribution in [3.63, 3.8) is 0 Å². The molecule has 0 aromatic heterocycles. The van der Waals surface area contributed by atoms with Gasteiger partial charge in [-0.25, -0.2) is 0 Å². The summed E-state index contributed by atoms with van der Waals surface area (Å²) in [5.74, 6) is -0.837. The van der Waals surface area contributed by atoms with Gasteiger partial charge in [-0.05, 0) is 66.9 Å². The van der Waals surface area contributed by atoms with Crippen LogP contribution >= 0.6 is 11.8 Å². The summed E-state index contributed by atoms with van der Waals surface area (Å²) in [6.45, 7) is 3.73. The lowest BCUT2D eigenvalue weighted by atomic mass is 10.2. The standard InChI is InChI=1S/C23H23N3O3S/c1-16-6-2-3-7-19(16)24-21(27)15-26-22(28)20(30-23(26)29)14-17-8-10-18(11-9-17)25-12-4-5-13-25/h2-3,6-11,14H,4-5,12-13,15H2,1H3,(H,24,27)/b20-14-. The van der Waals surface area contributed by atoms with E-state index in [0.717, 1.165) is 40.9 Å². The number of thioether (sulfide) groups is 1. The Morgan fingerprint density at radius 2 is 1.77 bits per heavy atom. The van der Waals surface area contributed by atoms with Crippen LogP contribution < -0.4 is 10.2 Å². The van der Waals surface area contributed by atoms with Gasteiger partial charge in [0.2, 0.25) is 5.91 Å². The van der Waals surface area contributed by atoms with Crippen molar-refractivity contribution < 1.29 is 14.4 Å². The SMILES string of the molecule is Cc1ccccc1NC(=O)CN1C(=O)S/C(=C\c2ccc(N3CCCC3)cc2)C1=O. The monoisotopic (exact) mass is 421 g/mol. The fourth-order valence-electron chi connectivity index (χ4n) is 3.59. The molecule has 7 heteroatoms. The van der Waals surface area contributed by atoms with E-state index in [1.54, 1.807) is 12.1 Å². The molecule has 0 radical (unpaired) electrons. The maximum Gasteiger partial charge on any atom is 0.294 e. The Bertz CT molecular complexity index is 1010. The number of hydrogen-bond acceptors (Lipinski definition) is 5. The van der Waals surface area contributed by atoms with Gasteiger partial charge in [-0.3, -0.25) is 19.3 Å². The Hall–Kier alpha value is -3.06. The first-order valence-corrected chi connectivity index (χ1v) is 10.8. The van der Waals surface area contributed by atoms with Gasteiger partial charge < -0.3 is 10.2 Å². The summed E-state index contributed by atoms with van der Waals surface area (Å²) >= 11 is 0.866. The van der Waals surface area contributed by atoms with E-state index < -0.39 is 17.1 Å². The topological polar surface area (TPSA) is 69.7 Å². The zero-order valence-corrected chi connectivity index (χ0v) is 17.6. The third-order valence-electron chi connectivity index (χ3n) is 5.26. The van der Waals surface area contributed by atoms with Crippen molar-refractivity contribution >= 4 is 46.3 Å². The van der Waals surface area contributed by atoms with Crippen LogP contribution in [0.25, 0.3) is 6.08 Å². The number of carbonyl (C=O) groups is 3. The molecule has 0 unspecified atom stereocenters. The van der Waals surface area contributed by atoms with Crippen LogP contribution in [0.2, 0.25) is 0 Å². The number of nitrogens with zero attached hydrogens (tertiary/aromatic N) is 2. The van der Waals surface area contributed by atoms with Gasteiger partial charge in [-0.15, -0.1) is 0 Å². The molecule has 0 saturated carbocycles. The number of aryl methyl sites for hydroxylation is 1. The summed E-state index contributed by atoms with van der Waals surface area (Å²) < 4.78 is 0. The van der Waals surface area contributed by atoms with E-state index in [0.29, 0.717) is 10.6 Å². The number of anilines is 2. The van der Waals surface area contributed by atoms with Crippen LogP contribution in [-0.2, 0) is 9.59 Å². The molecule has 2 aromatic rings. The number of para-hydroxylation sites is 1. The molecule has 0 spiro atoms. The molecule has 0 bridgehead atoms. The number of amides is 3. The van der Waals surface area contributed by atoms with E-state index in [9.17, 15) is 14.4 Å². The Labute approximate surface area is 179 Å². The number of nitrogens with one attached hydrogen (secondary N) is 1. The second-order valence-electron chi connectivity index (χ2n) is 7.42. The molecule has 2 aromatic carbocycles. The summed E-state index contributed by atoms with van der Waals surface area (Å²) in [5.41, 5.74) is 3.61. The zero-order chi connectivity index (χ0) is 21.1. The molecule has 30 heavy (non-hydrogen) atoms. The van der Waals surface area contributed by atoms with Crippen LogP contribution in [0.1, 0.15) is 24.0 Å². The van der Waals surface area contributed by atoms with Gasteiger partial charge >= 0.3 is 0 Å². The first-order valence-electron chi connectivity index (χ1n) is 9.97. The predicted molar refractivity (Wildman–Crippen MR) is 120 cm³/mol. The molecule has 3 amide bonds. The normalized spacial score (nSPS) is 17.8. The first kappa shape index (κ1) is 20.2. The molecule has 0 atom stereocenters. The van der Waals surface area contributed by atoms with Gasteiger partial charge in [-0.2, -0.15) is 0 Å². The molecule has 0 aliphatic carbocycles. The average Bonchev–Trinajstić information content (AvgIpc) is 3.35. The molecule has 2 saturated heterocycles. The first-order chi connectivity index (χ1) is 14.5. The van der Waals surface area contributed by atoms with Crippen molar-refractivity contribution in [2.75, 3.05) is 29.9 Å². The van der Waals surface area contributed by atoms with E-state index in [1.807, 2.05) is 49.4 Å². The van der Waals surface area contributed by atoms with E-state index in [-0.39, 0.29) is 6.54 Å². The minimum atomic E-state index is -0.437. The molecule has 2 heterocycles. The summed E-state index contributed by atoms with van der Waals surface area (Å²) in [6, 6.07) is 15.3. The zero-order valence-electron chi connectivity index (χ0n) is 16.8. The van der Waals surface area contributed by atoms with Gasteiger partial charge in [0.1, 0.15) is 6.54 Å². The van der Waals surface area contributed by atoms with Crippen LogP contribution in [0.15, 0.2) is 53.4 Å². The largest absolute Gasteiger partial charge is 0.372 e. The van der Waals surface area contributed by atoms with Crippen LogP contribution in [0, 0.1) is 6.92 Å². The van der Waals surface area contributed by atoms with Gasteiger partial charge in [0.25, 0.3) is 11.1 Å². The van der Waals surface area contributed by atoms with E-state index >= 15 is 0 Å². The highest BCUT2D eigenvalue weighted by atomic mass is 32.2. The summed E-state index contributed by atoms with van der Waals surface area (Å²) in [7, 11) is 0. The Morgan fingerprint density at radius 3 is 2.47 bits per heavy atom. The summed E-state index contributed by atoms with van der Waals surface area (Å²) in [4.78, 5) is 41.0. The fourth-order valence-corrected chi connectivity index (χ4v) is 4.43. The quantitative estimate of drug-likeness (QED) is 0.730. The number of rotatable bonds is 5. The maximum absolute atomic E-state index is 12.7. The summed E-state index contributed by atoms with van der Waals surface area (Å²) in [6.07, 6.45) is 4.14. The number of imide groups is 1. The van der Waals surface area contributed by atoms with Crippen molar-refractivity contribution in [2.45, 2.75) is 19.8 Å². The second kappa shape index (κ2) is 8.75. The van der Waals surface area contributed by atoms with Crippen molar-refractivity contribution in [2.24, 2.45) is 0 Å². The van der Waals surface area contributed by atoms with Crippen LogP contribution in [0.3, 0.4) is 0 Å². The van der Waals surface area contributed by atoms with Crippen LogP contribution in [-0.4, -0.2) is 41.6 Å². The van der Waals surface area contributed by atoms with E-state index in [1.165, 1.54) is 18.5 Å². The molecular weight excluding hydrogens is 398 g/mol. The molecule has 2 aliphatic rings. The smallest absolute Gasteiger partial charge is 0.294 e. The van der Waals surface area contributed by atoms with Crippen molar-refractivity contribution in [3.05, 3.63) is 64.6 Å². The van der Waals surface area contributed by atoms with Gasteiger partial charge in [0.15, 0.2) is 0 Å². The molecule has 1 N–H and O–H groups in total. The van der Waals surface area contributed by atoms with Gasteiger partial charge in [0.05, 0.1) is 4.91 Å². The Balaban J connectivity index is 1.41. The molecule has 154 valence electrons. The van der Waals surface area contributed by atoms with Crippen LogP contribution in [0.4, 0.5) is 16.2 Å². The molecule has 6 nitrogen and oxygen atoms in total. The Morgan fingerprint density at radius 1 is 1.07 bits per heavy atom. The van der Waals surface area contributed by atoms with Crippen molar-refractivity contribution in [1.82, 2.24) is 4.90 Å². The van der Waals surface area contributed by atoms with E-state index in [2.05, 4.69) is 10.2 Å². The highest BCUT2D eigenvalue weighted by molar-refractivity contribution is 8.18. The minimum Gasteiger partial charge on any atom is -0.372 e. The van der Waals surface area contributed by atoms with Crippen LogP contribution in [0.5, 0.6) is 0 Å². The predicted octanol–water partition coefficient (Wildman–Crippen LogP) is 4.27. The minimum absolute atomic E-state index is 0.301. The third-order valence-corrected chi connectivity index (χ3v) is 6.16. The molecular formula is C23H23N3O3S. The van der Waals surface area contributed by atoms with E-state index in [4.69, 9.17) is 0 Å². The van der Waals surface area contributed by atoms with Crippen molar-refractivity contribution in [3.8, 4) is 0 Å². The lowest BCUT2D eigenvalue weighted by Crippen LogP contribution is -2.36. The second-order valence-corrected chi connectivity index (χ2v) is 8.41. The fraction of sp³-hybridized carbons (Fsp3) is 0.261. The molecule has 2 aliphatic heterocycles. The highest BCUT2D eigenvalue weighted by Gasteiger charge is 2.36. The number of benzene rings is 2. The lowest BCUT2D eigenvalue weighted by Gasteiger charge is -2.17. The lowest BCUT2D eigenvalue weighted by molar-refractivity contribution is -0.127. The third kappa shape index (κ3) is 4.41. The molecule has 2 fully saturated rings. The Kier molecular flexibility index (Phi) is 5.90. The van der Waals surface area contributed by atoms with Crippen molar-refractivity contribution in [1.29, 1.82) is 0 Å². The van der Waals surface area contributed by atoms with Gasteiger partial charge in [0, 0.05) is 24.5 Å². The summed E-state index contributed by atoms with van der Waals surface area (Å²) in [5, 5.41) is 2.33. The number of carbonyl (C=O) groups excluding carboxylic acids is 3. The number of hydrogen-bond donors (Lipinski definition) is 1. The highest BCUT2D eigenvalue weighted by Crippen LogP contribution is 2.32. The average molecular weight is 422 g/mol.